The highest BCUT2D eigenvalue weighted by molar-refractivity contribution is 5.86. The van der Waals surface area contributed by atoms with Gasteiger partial charge in [-0.05, 0) is 67.5 Å². The number of benzene rings is 2. The summed E-state index contributed by atoms with van der Waals surface area (Å²) in [5.41, 5.74) is 6.17. The van der Waals surface area contributed by atoms with E-state index in [1.54, 1.807) is 6.07 Å². The molecule has 0 bridgehead atoms. The molecule has 1 aromatic heterocycles. The number of rotatable bonds is 8. The van der Waals surface area contributed by atoms with Crippen LogP contribution < -0.4 is 9.64 Å². The van der Waals surface area contributed by atoms with Crippen molar-refractivity contribution in [2.45, 2.75) is 53.4 Å². The average Bonchev–Trinajstić information content (AvgIpc) is 2.83. The Balaban J connectivity index is 1.60. The molecule has 0 saturated carbocycles. The Morgan fingerprint density at radius 3 is 2.32 bits per heavy atom. The van der Waals surface area contributed by atoms with Crippen molar-refractivity contribution in [1.29, 1.82) is 0 Å². The van der Waals surface area contributed by atoms with Gasteiger partial charge in [0.15, 0.2) is 11.6 Å². The number of carbonyl (C=O) groups is 1. The van der Waals surface area contributed by atoms with Gasteiger partial charge in [-0.15, -0.1) is 0 Å². The molecule has 0 radical (unpaired) electrons. The van der Waals surface area contributed by atoms with Crippen LogP contribution in [0.3, 0.4) is 0 Å². The number of piperidine rings is 1. The first-order valence-corrected chi connectivity index (χ1v) is 12.7. The first-order valence-electron chi connectivity index (χ1n) is 12.7. The van der Waals surface area contributed by atoms with Crippen LogP contribution in [0.2, 0.25) is 0 Å². The minimum atomic E-state index is -0.872. The molecule has 37 heavy (non-hydrogen) atoms. The zero-order valence-electron chi connectivity index (χ0n) is 21.9. The third-order valence-electron chi connectivity index (χ3n) is 7.20. The maximum Gasteiger partial charge on any atom is 0.307 e. The number of hydrogen-bond acceptors (Lipinski definition) is 4. The lowest BCUT2D eigenvalue weighted by Gasteiger charge is -2.40. The van der Waals surface area contributed by atoms with Gasteiger partial charge in [0, 0.05) is 42.0 Å². The number of pyridine rings is 1. The smallest absolute Gasteiger partial charge is 0.307 e. The molecule has 4 rings (SSSR count). The summed E-state index contributed by atoms with van der Waals surface area (Å²) in [5.74, 6) is -1.93. The second kappa shape index (κ2) is 10.9. The molecule has 1 aliphatic heterocycles. The van der Waals surface area contributed by atoms with Gasteiger partial charge in [-0.25, -0.2) is 8.78 Å². The average molecular weight is 509 g/mol. The van der Waals surface area contributed by atoms with E-state index in [9.17, 15) is 18.7 Å². The Kier molecular flexibility index (Phi) is 7.81. The molecular formula is C30H34F2N2O3. The number of aromatic nitrogens is 1. The van der Waals surface area contributed by atoms with Crippen LogP contribution in [-0.4, -0.2) is 35.8 Å². The fourth-order valence-electron chi connectivity index (χ4n) is 4.96. The molecule has 0 amide bonds. The SMILES string of the molecule is Cc1nc(C)c(-c2ccc(OCCc3ccc(F)c(F)c3)cc2)c(N2CCC(C)(C)CC2)c1CC(=O)O. The molecule has 0 unspecified atom stereocenters. The van der Waals surface area contributed by atoms with E-state index < -0.39 is 17.6 Å². The number of carboxylic acids is 1. The molecule has 7 heteroatoms. The second-order valence-corrected chi connectivity index (χ2v) is 10.6. The number of aryl methyl sites for hydroxylation is 2. The van der Waals surface area contributed by atoms with Crippen molar-refractivity contribution in [1.82, 2.24) is 4.98 Å². The lowest BCUT2D eigenvalue weighted by Crippen LogP contribution is -2.38. The van der Waals surface area contributed by atoms with Crippen molar-refractivity contribution >= 4 is 11.7 Å². The van der Waals surface area contributed by atoms with Gasteiger partial charge in [-0.3, -0.25) is 9.78 Å². The predicted molar refractivity (Wildman–Crippen MR) is 141 cm³/mol. The van der Waals surface area contributed by atoms with Gasteiger partial charge in [-0.2, -0.15) is 0 Å². The summed E-state index contributed by atoms with van der Waals surface area (Å²) in [6.07, 6.45) is 2.44. The summed E-state index contributed by atoms with van der Waals surface area (Å²) in [6.45, 7) is 10.5. The molecular weight excluding hydrogens is 474 g/mol. The molecule has 1 aliphatic rings. The highest BCUT2D eigenvalue weighted by Crippen LogP contribution is 2.41. The second-order valence-electron chi connectivity index (χ2n) is 10.6. The van der Waals surface area contributed by atoms with Crippen LogP contribution >= 0.6 is 0 Å². The maximum absolute atomic E-state index is 13.4. The standard InChI is InChI=1S/C30H34F2N2O3/c1-19-24(18-27(35)36)29(34-14-12-30(3,4)13-15-34)28(20(2)33-19)22-6-8-23(9-7-22)37-16-11-21-5-10-25(31)26(32)17-21/h5-10,17H,11-16,18H2,1-4H3,(H,35,36). The van der Waals surface area contributed by atoms with Gasteiger partial charge >= 0.3 is 5.97 Å². The normalized spacial score (nSPS) is 15.0. The summed E-state index contributed by atoms with van der Waals surface area (Å²) in [4.78, 5) is 18.8. The summed E-state index contributed by atoms with van der Waals surface area (Å²) in [7, 11) is 0. The molecule has 0 atom stereocenters. The molecule has 1 fully saturated rings. The molecule has 5 nitrogen and oxygen atoms in total. The Morgan fingerprint density at radius 1 is 1.03 bits per heavy atom. The maximum atomic E-state index is 13.4. The largest absolute Gasteiger partial charge is 0.493 e. The fraction of sp³-hybridized carbons (Fsp3) is 0.400. The molecule has 1 saturated heterocycles. The molecule has 0 aliphatic carbocycles. The molecule has 1 N–H and O–H groups in total. The van der Waals surface area contributed by atoms with Crippen LogP contribution in [0.1, 0.15) is 49.2 Å². The van der Waals surface area contributed by atoms with Gasteiger partial charge in [-0.1, -0.05) is 32.0 Å². The third kappa shape index (κ3) is 6.27. The van der Waals surface area contributed by atoms with Crippen LogP contribution in [0.25, 0.3) is 11.1 Å². The van der Waals surface area contributed by atoms with Crippen molar-refractivity contribution in [3.05, 3.63) is 76.6 Å². The number of ether oxygens (including phenoxy) is 1. The van der Waals surface area contributed by atoms with Crippen LogP contribution in [0.5, 0.6) is 5.75 Å². The Hall–Kier alpha value is -3.48. The first kappa shape index (κ1) is 26.6. The van der Waals surface area contributed by atoms with Crippen LogP contribution in [-0.2, 0) is 17.6 Å². The number of halogens is 2. The van der Waals surface area contributed by atoms with Gasteiger partial charge in [0.1, 0.15) is 5.75 Å². The fourth-order valence-corrected chi connectivity index (χ4v) is 4.96. The quantitative estimate of drug-likeness (QED) is 0.375. The first-order chi connectivity index (χ1) is 17.5. The number of aliphatic carboxylic acids is 1. The van der Waals surface area contributed by atoms with Gasteiger partial charge < -0.3 is 14.7 Å². The van der Waals surface area contributed by atoms with E-state index in [1.165, 1.54) is 6.07 Å². The highest BCUT2D eigenvalue weighted by Gasteiger charge is 2.30. The Labute approximate surface area is 217 Å². The number of hydrogen-bond donors (Lipinski definition) is 1. The number of nitrogens with zero attached hydrogens (tertiary/aromatic N) is 2. The van der Waals surface area contributed by atoms with E-state index in [0.717, 1.165) is 65.8 Å². The van der Waals surface area contributed by atoms with E-state index in [0.29, 0.717) is 24.3 Å². The van der Waals surface area contributed by atoms with Gasteiger partial charge in [0.25, 0.3) is 0 Å². The Bertz CT molecular complexity index is 1280. The zero-order chi connectivity index (χ0) is 26.7. The monoisotopic (exact) mass is 508 g/mol. The molecule has 0 spiro atoms. The summed E-state index contributed by atoms with van der Waals surface area (Å²) < 4.78 is 32.4. The molecule has 196 valence electrons. The Morgan fingerprint density at radius 2 is 1.70 bits per heavy atom. The van der Waals surface area contributed by atoms with E-state index in [1.807, 2.05) is 38.1 Å². The molecule has 3 aromatic rings. The summed E-state index contributed by atoms with van der Waals surface area (Å²) in [6, 6.07) is 11.5. The van der Waals surface area contributed by atoms with Crippen LogP contribution in [0.4, 0.5) is 14.5 Å². The van der Waals surface area contributed by atoms with Crippen molar-refractivity contribution in [3.63, 3.8) is 0 Å². The van der Waals surface area contributed by atoms with E-state index in [2.05, 4.69) is 18.7 Å². The molecule has 2 heterocycles. The van der Waals surface area contributed by atoms with E-state index in [-0.39, 0.29) is 11.8 Å². The highest BCUT2D eigenvalue weighted by atomic mass is 19.2. The van der Waals surface area contributed by atoms with Crippen LogP contribution in [0.15, 0.2) is 42.5 Å². The number of anilines is 1. The van der Waals surface area contributed by atoms with Crippen molar-refractivity contribution < 1.29 is 23.4 Å². The number of carboxylic acid groups (broad SMARTS) is 1. The van der Waals surface area contributed by atoms with E-state index >= 15 is 0 Å². The van der Waals surface area contributed by atoms with Gasteiger partial charge in [0.05, 0.1) is 18.7 Å². The zero-order valence-corrected chi connectivity index (χ0v) is 21.9. The third-order valence-corrected chi connectivity index (χ3v) is 7.20. The topological polar surface area (TPSA) is 62.7 Å². The predicted octanol–water partition coefficient (Wildman–Crippen LogP) is 6.52. The van der Waals surface area contributed by atoms with Crippen molar-refractivity contribution in [2.24, 2.45) is 5.41 Å². The minimum Gasteiger partial charge on any atom is -0.493 e. The van der Waals surface area contributed by atoms with Gasteiger partial charge in [0.2, 0.25) is 0 Å². The summed E-state index contributed by atoms with van der Waals surface area (Å²) in [5, 5.41) is 9.66. The molecule has 2 aromatic carbocycles. The summed E-state index contributed by atoms with van der Waals surface area (Å²) >= 11 is 0. The van der Waals surface area contributed by atoms with E-state index in [4.69, 9.17) is 9.72 Å². The lowest BCUT2D eigenvalue weighted by molar-refractivity contribution is -0.136. The van der Waals surface area contributed by atoms with Crippen molar-refractivity contribution in [2.75, 3.05) is 24.6 Å². The lowest BCUT2D eigenvalue weighted by atomic mass is 9.82. The van der Waals surface area contributed by atoms with Crippen LogP contribution in [0, 0.1) is 30.9 Å². The van der Waals surface area contributed by atoms with Crippen molar-refractivity contribution in [3.8, 4) is 16.9 Å². The minimum absolute atomic E-state index is 0.0769.